The highest BCUT2D eigenvalue weighted by molar-refractivity contribution is 5.43. The largest absolute Gasteiger partial charge is 0.497 e. The maximum absolute atomic E-state index is 5.62. The van der Waals surface area contributed by atoms with E-state index in [1.165, 1.54) is 5.56 Å². The Morgan fingerprint density at radius 2 is 2.04 bits per heavy atom. The average Bonchev–Trinajstić information content (AvgIpc) is 3.12. The molecule has 2 aromatic rings. The normalized spacial score (nSPS) is 16.8. The maximum Gasteiger partial charge on any atom is 0.224 e. The second-order valence-electron chi connectivity index (χ2n) is 5.94. The summed E-state index contributed by atoms with van der Waals surface area (Å²) in [5.74, 6) is 2.31. The van der Waals surface area contributed by atoms with E-state index in [9.17, 15) is 0 Å². The van der Waals surface area contributed by atoms with E-state index in [1.54, 1.807) is 7.11 Å². The van der Waals surface area contributed by atoms with Crippen LogP contribution in [0.3, 0.4) is 0 Å². The summed E-state index contributed by atoms with van der Waals surface area (Å²) in [5, 5.41) is 6.62. The number of rotatable bonds is 7. The number of hydrogen-bond donors (Lipinski definition) is 2. The highest BCUT2D eigenvalue weighted by Gasteiger charge is 2.15. The summed E-state index contributed by atoms with van der Waals surface area (Å²) in [6, 6.07) is 9.93. The third-order valence-electron chi connectivity index (χ3n) is 4.00. The quantitative estimate of drug-likeness (QED) is 0.814. The Morgan fingerprint density at radius 1 is 1.21 bits per heavy atom. The summed E-state index contributed by atoms with van der Waals surface area (Å²) >= 11 is 0. The number of nitrogens with zero attached hydrogens (tertiary/aromatic N) is 2. The van der Waals surface area contributed by atoms with Crippen molar-refractivity contribution >= 4 is 11.8 Å². The molecule has 1 aromatic heterocycles. The van der Waals surface area contributed by atoms with Crippen LogP contribution in [0.5, 0.6) is 5.75 Å². The zero-order valence-corrected chi connectivity index (χ0v) is 14.2. The van der Waals surface area contributed by atoms with Crippen LogP contribution in [-0.2, 0) is 11.3 Å². The van der Waals surface area contributed by atoms with Gasteiger partial charge in [-0.2, -0.15) is 4.98 Å². The third-order valence-corrected chi connectivity index (χ3v) is 4.00. The zero-order valence-electron chi connectivity index (χ0n) is 14.2. The lowest BCUT2D eigenvalue weighted by Crippen LogP contribution is -2.20. The van der Waals surface area contributed by atoms with E-state index < -0.39 is 0 Å². The number of hydrogen-bond acceptors (Lipinski definition) is 6. The Morgan fingerprint density at radius 3 is 2.75 bits per heavy atom. The monoisotopic (exact) mass is 328 g/mol. The van der Waals surface area contributed by atoms with Crippen LogP contribution < -0.4 is 15.4 Å². The van der Waals surface area contributed by atoms with Gasteiger partial charge in [0.15, 0.2) is 0 Å². The smallest absolute Gasteiger partial charge is 0.224 e. The minimum absolute atomic E-state index is 0.268. The minimum atomic E-state index is 0.268. The van der Waals surface area contributed by atoms with Gasteiger partial charge in [0.1, 0.15) is 11.6 Å². The molecule has 0 radical (unpaired) electrons. The lowest BCUT2D eigenvalue weighted by Gasteiger charge is -2.13. The molecule has 1 saturated heterocycles. The fraction of sp³-hybridized carbons (Fsp3) is 0.444. The van der Waals surface area contributed by atoms with Crippen LogP contribution in [0.15, 0.2) is 30.3 Å². The van der Waals surface area contributed by atoms with E-state index in [0.717, 1.165) is 43.3 Å². The van der Waals surface area contributed by atoms with Crippen molar-refractivity contribution in [2.75, 3.05) is 30.9 Å². The van der Waals surface area contributed by atoms with Gasteiger partial charge in [-0.15, -0.1) is 0 Å². The first-order chi connectivity index (χ1) is 11.7. The van der Waals surface area contributed by atoms with Gasteiger partial charge in [0.2, 0.25) is 5.95 Å². The van der Waals surface area contributed by atoms with Gasteiger partial charge in [-0.25, -0.2) is 4.98 Å². The van der Waals surface area contributed by atoms with Gasteiger partial charge in [0.25, 0.3) is 0 Å². The van der Waals surface area contributed by atoms with Crippen molar-refractivity contribution in [1.82, 2.24) is 9.97 Å². The van der Waals surface area contributed by atoms with Crippen molar-refractivity contribution < 1.29 is 9.47 Å². The summed E-state index contributed by atoms with van der Waals surface area (Å²) in [5.41, 5.74) is 2.10. The highest BCUT2D eigenvalue weighted by atomic mass is 16.5. The number of aromatic nitrogens is 2. The van der Waals surface area contributed by atoms with E-state index in [0.29, 0.717) is 12.5 Å². The molecule has 6 heteroatoms. The first kappa shape index (κ1) is 16.5. The molecule has 1 atom stereocenters. The summed E-state index contributed by atoms with van der Waals surface area (Å²) in [4.78, 5) is 8.97. The molecule has 1 aliphatic heterocycles. The second-order valence-corrected chi connectivity index (χ2v) is 5.94. The van der Waals surface area contributed by atoms with Crippen molar-refractivity contribution in [1.29, 1.82) is 0 Å². The van der Waals surface area contributed by atoms with Crippen LogP contribution in [0.4, 0.5) is 11.8 Å². The predicted octanol–water partition coefficient (Wildman–Crippen LogP) is 3.00. The van der Waals surface area contributed by atoms with Gasteiger partial charge in [-0.05, 0) is 37.5 Å². The standard InChI is InChI=1S/C18H24N4O2/c1-13-10-17(19-11-14-5-7-15(23-2)8-6-14)22-18(21-13)20-12-16-4-3-9-24-16/h5-8,10,16H,3-4,9,11-12H2,1-2H3,(H2,19,20,21,22). The van der Waals surface area contributed by atoms with E-state index >= 15 is 0 Å². The van der Waals surface area contributed by atoms with Crippen LogP contribution in [0.2, 0.25) is 0 Å². The molecule has 24 heavy (non-hydrogen) atoms. The Balaban J connectivity index is 1.57. The Hall–Kier alpha value is -2.34. The Labute approximate surface area is 142 Å². The molecule has 0 saturated carbocycles. The fourth-order valence-electron chi connectivity index (χ4n) is 2.68. The number of nitrogens with one attached hydrogen (secondary N) is 2. The second kappa shape index (κ2) is 7.97. The van der Waals surface area contributed by atoms with Crippen molar-refractivity contribution in [2.24, 2.45) is 0 Å². The highest BCUT2D eigenvalue weighted by Crippen LogP contribution is 2.16. The summed E-state index contributed by atoms with van der Waals surface area (Å²) in [6.07, 6.45) is 2.50. The van der Waals surface area contributed by atoms with Crippen molar-refractivity contribution in [3.8, 4) is 5.75 Å². The van der Waals surface area contributed by atoms with Gasteiger partial charge >= 0.3 is 0 Å². The topological polar surface area (TPSA) is 68.3 Å². The molecular weight excluding hydrogens is 304 g/mol. The van der Waals surface area contributed by atoms with Gasteiger partial charge < -0.3 is 20.1 Å². The number of methoxy groups -OCH3 is 1. The van der Waals surface area contributed by atoms with Crippen LogP contribution >= 0.6 is 0 Å². The molecule has 128 valence electrons. The minimum Gasteiger partial charge on any atom is -0.497 e. The average molecular weight is 328 g/mol. The maximum atomic E-state index is 5.62. The molecule has 1 aromatic carbocycles. The van der Waals surface area contributed by atoms with Crippen molar-refractivity contribution in [3.63, 3.8) is 0 Å². The van der Waals surface area contributed by atoms with Crippen molar-refractivity contribution in [3.05, 3.63) is 41.6 Å². The van der Waals surface area contributed by atoms with Crippen LogP contribution in [-0.4, -0.2) is 36.3 Å². The van der Waals surface area contributed by atoms with Gasteiger partial charge in [-0.1, -0.05) is 12.1 Å². The molecular formula is C18H24N4O2. The van der Waals surface area contributed by atoms with Crippen molar-refractivity contribution in [2.45, 2.75) is 32.4 Å². The molecule has 0 aliphatic carbocycles. The lowest BCUT2D eigenvalue weighted by atomic mass is 10.2. The number of ether oxygens (including phenoxy) is 2. The summed E-state index contributed by atoms with van der Waals surface area (Å²) in [6.45, 7) is 4.28. The SMILES string of the molecule is COc1ccc(CNc2cc(C)nc(NCC3CCCO3)n2)cc1. The van der Waals surface area contributed by atoms with Gasteiger partial charge in [-0.3, -0.25) is 0 Å². The first-order valence-corrected chi connectivity index (χ1v) is 8.31. The molecule has 0 amide bonds. The van der Waals surface area contributed by atoms with E-state index in [-0.39, 0.29) is 6.10 Å². The van der Waals surface area contributed by atoms with E-state index in [4.69, 9.17) is 9.47 Å². The molecule has 1 aliphatic rings. The summed E-state index contributed by atoms with van der Waals surface area (Å²) < 4.78 is 10.8. The molecule has 1 fully saturated rings. The third kappa shape index (κ3) is 4.58. The lowest BCUT2D eigenvalue weighted by molar-refractivity contribution is 0.120. The molecule has 6 nitrogen and oxygen atoms in total. The number of benzene rings is 1. The predicted molar refractivity (Wildman–Crippen MR) is 94.6 cm³/mol. The summed E-state index contributed by atoms with van der Waals surface area (Å²) in [7, 11) is 1.67. The van der Waals surface area contributed by atoms with Crippen LogP contribution in [0, 0.1) is 6.92 Å². The molecule has 3 rings (SSSR count). The van der Waals surface area contributed by atoms with E-state index in [2.05, 4.69) is 20.6 Å². The van der Waals surface area contributed by atoms with Crippen LogP contribution in [0.1, 0.15) is 24.1 Å². The molecule has 0 bridgehead atoms. The Kier molecular flexibility index (Phi) is 5.48. The van der Waals surface area contributed by atoms with E-state index in [1.807, 2.05) is 37.3 Å². The molecule has 1 unspecified atom stereocenters. The number of aryl methyl sites for hydroxylation is 1. The molecule has 2 heterocycles. The van der Waals surface area contributed by atoms with Gasteiger partial charge in [0, 0.05) is 31.5 Å². The zero-order chi connectivity index (χ0) is 16.8. The molecule has 0 spiro atoms. The number of anilines is 2. The fourth-order valence-corrected chi connectivity index (χ4v) is 2.68. The molecule has 2 N–H and O–H groups in total. The van der Waals surface area contributed by atoms with Gasteiger partial charge in [0.05, 0.1) is 13.2 Å². The Bertz CT molecular complexity index is 655. The van der Waals surface area contributed by atoms with Crippen LogP contribution in [0.25, 0.3) is 0 Å². The first-order valence-electron chi connectivity index (χ1n) is 8.31.